The summed E-state index contributed by atoms with van der Waals surface area (Å²) >= 11 is 0. The van der Waals surface area contributed by atoms with Gasteiger partial charge in [-0.3, -0.25) is 4.79 Å². The van der Waals surface area contributed by atoms with Crippen LogP contribution in [-0.2, 0) is 19.9 Å². The Hall–Kier alpha value is -3.60. The van der Waals surface area contributed by atoms with Crippen LogP contribution in [0.4, 0.5) is 0 Å². The predicted octanol–water partition coefficient (Wildman–Crippen LogP) is 6.02. The van der Waals surface area contributed by atoms with Gasteiger partial charge < -0.3 is 9.47 Å². The Morgan fingerprint density at radius 1 is 0.906 bits per heavy atom. The van der Waals surface area contributed by atoms with Gasteiger partial charge in [-0.05, 0) is 35.1 Å². The molecule has 0 N–H and O–H groups in total. The molecule has 32 heavy (non-hydrogen) atoms. The number of rotatable bonds is 11. The highest BCUT2D eigenvalue weighted by Crippen LogP contribution is 2.40. The first-order valence-corrected chi connectivity index (χ1v) is 10.6. The van der Waals surface area contributed by atoms with Crippen molar-refractivity contribution in [2.75, 3.05) is 13.2 Å². The van der Waals surface area contributed by atoms with Crippen LogP contribution in [0.15, 0.2) is 96.1 Å². The van der Waals surface area contributed by atoms with Crippen LogP contribution < -0.4 is 0 Å². The van der Waals surface area contributed by atoms with Crippen molar-refractivity contribution in [3.05, 3.63) is 118 Å². The molecule has 3 rings (SSSR count). The fourth-order valence-corrected chi connectivity index (χ4v) is 3.77. The average Bonchev–Trinajstić information content (AvgIpc) is 2.84. The number of nitrogens with zero attached hydrogens (tertiary/aromatic N) is 3. The summed E-state index contributed by atoms with van der Waals surface area (Å²) in [6.45, 7) is 1.87. The van der Waals surface area contributed by atoms with E-state index in [-0.39, 0.29) is 19.2 Å². The highest BCUT2D eigenvalue weighted by molar-refractivity contribution is 5.65. The van der Waals surface area contributed by atoms with Gasteiger partial charge in [-0.1, -0.05) is 96.1 Å². The fraction of sp³-hybridized carbons (Fsp3) is 0.269. The Balaban J connectivity index is 1.97. The van der Waals surface area contributed by atoms with Crippen molar-refractivity contribution in [3.63, 3.8) is 0 Å². The largest absolute Gasteiger partial charge is 0.466 e. The maximum Gasteiger partial charge on any atom is 0.302 e. The van der Waals surface area contributed by atoms with Crippen LogP contribution in [0.5, 0.6) is 0 Å². The molecule has 0 unspecified atom stereocenters. The van der Waals surface area contributed by atoms with Gasteiger partial charge in [0.1, 0.15) is 5.60 Å². The molecule has 0 heterocycles. The number of hydrogen-bond donors (Lipinski definition) is 0. The third-order valence-corrected chi connectivity index (χ3v) is 5.24. The molecule has 0 aliphatic heterocycles. The second kappa shape index (κ2) is 11.7. The van der Waals surface area contributed by atoms with E-state index >= 15 is 0 Å². The van der Waals surface area contributed by atoms with Gasteiger partial charge in [-0.15, -0.1) is 0 Å². The number of carbonyl (C=O) groups excluding carboxylic acids is 1. The molecule has 0 saturated heterocycles. The SMILES string of the molecule is CC(=O)OCCC[C@H](COC(c1ccccc1)(c1ccccc1)c1ccccc1)N=[N+]=[N-]. The van der Waals surface area contributed by atoms with Gasteiger partial charge >= 0.3 is 5.97 Å². The molecule has 0 fully saturated rings. The lowest BCUT2D eigenvalue weighted by atomic mass is 9.80. The molecule has 0 spiro atoms. The highest BCUT2D eigenvalue weighted by Gasteiger charge is 2.38. The highest BCUT2D eigenvalue weighted by atomic mass is 16.5. The molecule has 0 amide bonds. The van der Waals surface area contributed by atoms with Gasteiger partial charge in [0.25, 0.3) is 0 Å². The number of benzene rings is 3. The summed E-state index contributed by atoms with van der Waals surface area (Å²) in [5.41, 5.74) is 11.2. The van der Waals surface area contributed by atoms with E-state index in [0.717, 1.165) is 16.7 Å². The molecule has 6 heteroatoms. The molecular formula is C26H27N3O3. The minimum absolute atomic E-state index is 0.211. The van der Waals surface area contributed by atoms with E-state index in [1.807, 2.05) is 91.0 Å². The Morgan fingerprint density at radius 3 is 1.78 bits per heavy atom. The number of hydrogen-bond acceptors (Lipinski definition) is 4. The predicted molar refractivity (Wildman–Crippen MR) is 124 cm³/mol. The quantitative estimate of drug-likeness (QED) is 0.0933. The van der Waals surface area contributed by atoms with Gasteiger partial charge in [0.05, 0.1) is 19.3 Å². The van der Waals surface area contributed by atoms with E-state index in [2.05, 4.69) is 10.0 Å². The fourth-order valence-electron chi connectivity index (χ4n) is 3.77. The van der Waals surface area contributed by atoms with Crippen LogP contribution in [0.1, 0.15) is 36.5 Å². The summed E-state index contributed by atoms with van der Waals surface area (Å²) in [6, 6.07) is 29.7. The first kappa shape index (κ1) is 23.1. The summed E-state index contributed by atoms with van der Waals surface area (Å²) in [7, 11) is 0. The van der Waals surface area contributed by atoms with Crippen LogP contribution >= 0.6 is 0 Å². The minimum atomic E-state index is -0.872. The Morgan fingerprint density at radius 2 is 1.38 bits per heavy atom. The molecule has 6 nitrogen and oxygen atoms in total. The first-order valence-electron chi connectivity index (χ1n) is 10.6. The van der Waals surface area contributed by atoms with Crippen molar-refractivity contribution >= 4 is 5.97 Å². The van der Waals surface area contributed by atoms with E-state index in [1.54, 1.807) is 0 Å². The van der Waals surface area contributed by atoms with E-state index in [1.165, 1.54) is 6.92 Å². The van der Waals surface area contributed by atoms with Crippen LogP contribution in [-0.4, -0.2) is 25.2 Å². The second-order valence-corrected chi connectivity index (χ2v) is 7.43. The zero-order valence-corrected chi connectivity index (χ0v) is 18.1. The summed E-state index contributed by atoms with van der Waals surface area (Å²) in [4.78, 5) is 14.0. The molecule has 1 atom stereocenters. The normalized spacial score (nSPS) is 11.9. The van der Waals surface area contributed by atoms with Gasteiger partial charge in [0.2, 0.25) is 0 Å². The third kappa shape index (κ3) is 5.76. The molecule has 0 saturated carbocycles. The number of ether oxygens (including phenoxy) is 2. The van der Waals surface area contributed by atoms with E-state index in [9.17, 15) is 4.79 Å². The number of esters is 1. The van der Waals surface area contributed by atoms with Crippen molar-refractivity contribution in [1.82, 2.24) is 0 Å². The van der Waals surface area contributed by atoms with Crippen molar-refractivity contribution in [2.24, 2.45) is 5.11 Å². The zero-order valence-electron chi connectivity index (χ0n) is 18.1. The van der Waals surface area contributed by atoms with Crippen molar-refractivity contribution in [2.45, 2.75) is 31.4 Å². The van der Waals surface area contributed by atoms with Crippen LogP contribution in [0.25, 0.3) is 10.4 Å². The molecule has 0 aliphatic rings. The maximum atomic E-state index is 11.0. The average molecular weight is 430 g/mol. The zero-order chi connectivity index (χ0) is 22.7. The van der Waals surface area contributed by atoms with Crippen molar-refractivity contribution < 1.29 is 14.3 Å². The third-order valence-electron chi connectivity index (χ3n) is 5.24. The van der Waals surface area contributed by atoms with Gasteiger partial charge in [0, 0.05) is 11.8 Å². The van der Waals surface area contributed by atoms with Crippen LogP contribution in [0.3, 0.4) is 0 Å². The first-order chi connectivity index (χ1) is 15.7. The summed E-state index contributed by atoms with van der Waals surface area (Å²) in [5.74, 6) is -0.321. The van der Waals surface area contributed by atoms with Crippen LogP contribution in [0, 0.1) is 0 Å². The molecular weight excluding hydrogens is 402 g/mol. The topological polar surface area (TPSA) is 84.3 Å². The molecule has 0 radical (unpaired) electrons. The van der Waals surface area contributed by atoms with Crippen molar-refractivity contribution in [3.8, 4) is 0 Å². The van der Waals surface area contributed by atoms with Gasteiger partial charge in [-0.25, -0.2) is 0 Å². The monoisotopic (exact) mass is 429 g/mol. The smallest absolute Gasteiger partial charge is 0.302 e. The molecule has 164 valence electrons. The molecule has 0 aromatic heterocycles. The minimum Gasteiger partial charge on any atom is -0.466 e. The Labute approximate surface area is 188 Å². The second-order valence-electron chi connectivity index (χ2n) is 7.43. The van der Waals surface area contributed by atoms with E-state index in [4.69, 9.17) is 15.0 Å². The van der Waals surface area contributed by atoms with Crippen LogP contribution in [0.2, 0.25) is 0 Å². The molecule has 3 aromatic rings. The van der Waals surface area contributed by atoms with Crippen molar-refractivity contribution in [1.29, 1.82) is 0 Å². The van der Waals surface area contributed by atoms with Gasteiger partial charge in [0.15, 0.2) is 0 Å². The summed E-state index contributed by atoms with van der Waals surface area (Å²) < 4.78 is 11.7. The lowest BCUT2D eigenvalue weighted by Crippen LogP contribution is -2.35. The Kier molecular flexibility index (Phi) is 8.44. The lowest BCUT2D eigenvalue weighted by molar-refractivity contribution is -0.141. The van der Waals surface area contributed by atoms with E-state index < -0.39 is 11.6 Å². The van der Waals surface area contributed by atoms with Gasteiger partial charge in [-0.2, -0.15) is 0 Å². The van der Waals surface area contributed by atoms with E-state index in [0.29, 0.717) is 12.8 Å². The lowest BCUT2D eigenvalue weighted by Gasteiger charge is -2.36. The standard InChI is InChI=1S/C26H27N3O3/c1-21(30)31-19-11-18-25(28-29-27)20-32-26(22-12-5-2-6-13-22,23-14-7-3-8-15-23)24-16-9-4-10-17-24/h2-10,12-17,25H,11,18-20H2,1H3/t25-/m1/s1. The Bertz CT molecular complexity index is 923. The number of azide groups is 1. The number of carbonyl (C=O) groups is 1. The summed E-state index contributed by atoms with van der Waals surface area (Å²) in [5, 5.41) is 3.94. The maximum absolute atomic E-state index is 11.0. The molecule has 0 aliphatic carbocycles. The molecule has 0 bridgehead atoms. The molecule has 3 aromatic carbocycles. The summed E-state index contributed by atoms with van der Waals surface area (Å²) in [6.07, 6.45) is 1.13.